The van der Waals surface area contributed by atoms with Crippen LogP contribution in [0, 0.1) is 11.7 Å². The molecule has 1 N–H and O–H groups in total. The van der Waals surface area contributed by atoms with Gasteiger partial charge in [0.25, 0.3) is 0 Å². The van der Waals surface area contributed by atoms with E-state index < -0.39 is 16.1 Å². The van der Waals surface area contributed by atoms with Gasteiger partial charge in [-0.25, -0.2) is 12.8 Å². The zero-order valence-corrected chi connectivity index (χ0v) is 17.5. The number of halogens is 2. The Labute approximate surface area is 171 Å². The summed E-state index contributed by atoms with van der Waals surface area (Å²) in [6, 6.07) is 11.3. The summed E-state index contributed by atoms with van der Waals surface area (Å²) in [5.74, 6) is -0.123. The Hall–Kier alpha value is -1.73. The lowest BCUT2D eigenvalue weighted by Gasteiger charge is -2.30. The summed E-state index contributed by atoms with van der Waals surface area (Å²) in [6.07, 6.45) is 3.95. The van der Waals surface area contributed by atoms with Crippen LogP contribution in [0.4, 0.5) is 4.39 Å². The van der Waals surface area contributed by atoms with Gasteiger partial charge in [0.05, 0.1) is 11.5 Å². The minimum absolute atomic E-state index is 0.0836. The Balaban J connectivity index is 2.32. The third kappa shape index (κ3) is 6.14. The molecule has 0 radical (unpaired) electrons. The Morgan fingerprint density at radius 2 is 1.71 bits per heavy atom. The van der Waals surface area contributed by atoms with E-state index in [0.717, 1.165) is 5.56 Å². The van der Waals surface area contributed by atoms with Crippen molar-refractivity contribution in [1.29, 1.82) is 0 Å². The SMILES string of the molecule is CC(C)CC(CO)N(C/C=C/c1ccc(F)cc1)S(=O)(=O)c1ccc(Cl)cc1. The minimum atomic E-state index is -3.83. The normalized spacial score (nSPS) is 13.5. The van der Waals surface area contributed by atoms with Crippen molar-refractivity contribution in [2.24, 2.45) is 5.92 Å². The van der Waals surface area contributed by atoms with E-state index in [1.165, 1.54) is 40.7 Å². The van der Waals surface area contributed by atoms with Crippen LogP contribution >= 0.6 is 11.6 Å². The average Bonchev–Trinajstić information content (AvgIpc) is 2.65. The molecule has 2 rings (SSSR count). The fraction of sp³-hybridized carbons (Fsp3) is 0.333. The second kappa shape index (κ2) is 10.2. The van der Waals surface area contributed by atoms with Gasteiger partial charge in [-0.05, 0) is 54.3 Å². The van der Waals surface area contributed by atoms with Crippen LogP contribution in [0.3, 0.4) is 0 Å². The molecule has 1 atom stereocenters. The van der Waals surface area contributed by atoms with Gasteiger partial charge in [0.2, 0.25) is 10.0 Å². The van der Waals surface area contributed by atoms with Crippen molar-refractivity contribution in [2.75, 3.05) is 13.2 Å². The van der Waals surface area contributed by atoms with Gasteiger partial charge in [0, 0.05) is 17.6 Å². The fourth-order valence-electron chi connectivity index (χ4n) is 2.88. The van der Waals surface area contributed by atoms with Crippen molar-refractivity contribution in [1.82, 2.24) is 4.31 Å². The fourth-order valence-corrected chi connectivity index (χ4v) is 4.58. The van der Waals surface area contributed by atoms with Gasteiger partial charge in [-0.1, -0.05) is 49.7 Å². The Morgan fingerprint density at radius 3 is 2.25 bits per heavy atom. The lowest BCUT2D eigenvalue weighted by atomic mass is 10.0. The maximum atomic E-state index is 13.2. The lowest BCUT2D eigenvalue weighted by molar-refractivity contribution is 0.175. The highest BCUT2D eigenvalue weighted by Gasteiger charge is 2.30. The number of benzene rings is 2. The van der Waals surface area contributed by atoms with Crippen molar-refractivity contribution in [3.8, 4) is 0 Å². The number of sulfonamides is 1. The average molecular weight is 426 g/mol. The zero-order valence-electron chi connectivity index (χ0n) is 15.9. The number of rotatable bonds is 9. The summed E-state index contributed by atoms with van der Waals surface area (Å²) in [6.45, 7) is 3.75. The first-order chi connectivity index (χ1) is 13.2. The molecule has 0 saturated carbocycles. The maximum Gasteiger partial charge on any atom is 0.243 e. The van der Waals surface area contributed by atoms with Crippen molar-refractivity contribution in [3.63, 3.8) is 0 Å². The second-order valence-corrected chi connectivity index (χ2v) is 9.28. The highest BCUT2D eigenvalue weighted by Crippen LogP contribution is 2.23. The number of nitrogens with zero attached hydrogens (tertiary/aromatic N) is 1. The van der Waals surface area contributed by atoms with E-state index in [1.54, 1.807) is 24.3 Å². The second-order valence-electron chi connectivity index (χ2n) is 6.95. The van der Waals surface area contributed by atoms with E-state index in [4.69, 9.17) is 11.6 Å². The molecule has 0 fully saturated rings. The highest BCUT2D eigenvalue weighted by atomic mass is 35.5. The molecule has 7 heteroatoms. The number of aliphatic hydroxyl groups excluding tert-OH is 1. The Bertz CT molecular complexity index is 881. The largest absolute Gasteiger partial charge is 0.395 e. The van der Waals surface area contributed by atoms with Crippen molar-refractivity contribution >= 4 is 27.7 Å². The van der Waals surface area contributed by atoms with E-state index >= 15 is 0 Å². The number of hydrogen-bond acceptors (Lipinski definition) is 3. The highest BCUT2D eigenvalue weighted by molar-refractivity contribution is 7.89. The molecule has 0 spiro atoms. The molecule has 0 amide bonds. The van der Waals surface area contributed by atoms with Gasteiger partial charge in [-0.15, -0.1) is 0 Å². The van der Waals surface area contributed by atoms with Crippen molar-refractivity contribution in [2.45, 2.75) is 31.2 Å². The molecular weight excluding hydrogens is 401 g/mol. The standard InChI is InChI=1S/C21H25ClFNO3S/c1-16(2)14-20(15-25)24(13-3-4-17-5-9-19(23)10-6-17)28(26,27)21-11-7-18(22)8-12-21/h3-12,16,20,25H,13-15H2,1-2H3/b4-3+. The molecule has 0 aliphatic heterocycles. The molecule has 2 aromatic carbocycles. The Morgan fingerprint density at radius 1 is 1.11 bits per heavy atom. The first kappa shape index (κ1) is 22.6. The quantitative estimate of drug-likeness (QED) is 0.639. The van der Waals surface area contributed by atoms with Crippen LogP contribution in [0.5, 0.6) is 0 Å². The molecule has 28 heavy (non-hydrogen) atoms. The van der Waals surface area contributed by atoms with Crippen molar-refractivity contribution in [3.05, 3.63) is 71.0 Å². The summed E-state index contributed by atoms with van der Waals surface area (Å²) in [7, 11) is -3.83. The Kier molecular flexibility index (Phi) is 8.19. The molecule has 4 nitrogen and oxygen atoms in total. The predicted octanol–water partition coefficient (Wildman–Crippen LogP) is 4.59. The van der Waals surface area contributed by atoms with Gasteiger partial charge in [-0.3, -0.25) is 0 Å². The molecule has 0 bridgehead atoms. The topological polar surface area (TPSA) is 57.6 Å². The van der Waals surface area contributed by atoms with Crippen LogP contribution in [-0.2, 0) is 10.0 Å². The third-order valence-corrected chi connectivity index (χ3v) is 6.43. The minimum Gasteiger partial charge on any atom is -0.395 e. The summed E-state index contributed by atoms with van der Waals surface area (Å²) < 4.78 is 40.7. The summed E-state index contributed by atoms with van der Waals surface area (Å²) in [4.78, 5) is 0.120. The van der Waals surface area contributed by atoms with Gasteiger partial charge in [-0.2, -0.15) is 4.31 Å². The summed E-state index contributed by atoms with van der Waals surface area (Å²) >= 11 is 5.88. The zero-order chi connectivity index (χ0) is 20.7. The van der Waals surface area contributed by atoms with E-state index in [9.17, 15) is 17.9 Å². The van der Waals surface area contributed by atoms with Crippen LogP contribution in [0.25, 0.3) is 6.08 Å². The molecule has 0 aromatic heterocycles. The molecule has 0 saturated heterocycles. The van der Waals surface area contributed by atoms with E-state index in [1.807, 2.05) is 13.8 Å². The van der Waals surface area contributed by atoms with Gasteiger partial charge in [0.1, 0.15) is 5.82 Å². The maximum absolute atomic E-state index is 13.2. The monoisotopic (exact) mass is 425 g/mol. The van der Waals surface area contributed by atoms with Gasteiger partial charge in [0.15, 0.2) is 0 Å². The van der Waals surface area contributed by atoms with Crippen LogP contribution in [-0.4, -0.2) is 37.0 Å². The van der Waals surface area contributed by atoms with E-state index in [2.05, 4.69) is 0 Å². The van der Waals surface area contributed by atoms with Crippen LogP contribution in [0.15, 0.2) is 59.5 Å². The van der Waals surface area contributed by atoms with Gasteiger partial charge < -0.3 is 5.11 Å². The molecular formula is C21H25ClFNO3S. The molecule has 152 valence electrons. The smallest absolute Gasteiger partial charge is 0.243 e. The van der Waals surface area contributed by atoms with E-state index in [-0.39, 0.29) is 29.8 Å². The van der Waals surface area contributed by atoms with E-state index in [0.29, 0.717) is 11.4 Å². The molecule has 1 unspecified atom stereocenters. The molecule has 2 aromatic rings. The summed E-state index contributed by atoms with van der Waals surface area (Å²) in [5.41, 5.74) is 0.759. The van der Waals surface area contributed by atoms with Crippen molar-refractivity contribution < 1.29 is 17.9 Å². The van der Waals surface area contributed by atoms with Gasteiger partial charge >= 0.3 is 0 Å². The molecule has 0 aliphatic rings. The first-order valence-corrected chi connectivity index (χ1v) is 10.9. The number of hydrogen-bond donors (Lipinski definition) is 1. The molecule has 0 heterocycles. The summed E-state index contributed by atoms with van der Waals surface area (Å²) in [5, 5.41) is 10.3. The van der Waals surface area contributed by atoms with Crippen LogP contribution < -0.4 is 0 Å². The van der Waals surface area contributed by atoms with Crippen LogP contribution in [0.2, 0.25) is 5.02 Å². The molecule has 0 aliphatic carbocycles. The number of aliphatic hydroxyl groups is 1. The third-order valence-electron chi connectivity index (χ3n) is 4.25. The predicted molar refractivity (Wildman–Crippen MR) is 111 cm³/mol. The van der Waals surface area contributed by atoms with Crippen LogP contribution in [0.1, 0.15) is 25.8 Å². The lowest BCUT2D eigenvalue weighted by Crippen LogP contribution is -2.43. The first-order valence-electron chi connectivity index (χ1n) is 9.04.